The van der Waals surface area contributed by atoms with E-state index in [-0.39, 0.29) is 5.82 Å². The standard InChI is InChI=1S/C16H18FNO2/c1-11-4-6-13(17)8-15(11)18-10-12-5-7-14(19-2)9-16(12)20-3/h4-9,18H,10H2,1-3H3. The summed E-state index contributed by atoms with van der Waals surface area (Å²) in [5, 5.41) is 3.22. The highest BCUT2D eigenvalue weighted by molar-refractivity contribution is 5.52. The predicted octanol–water partition coefficient (Wildman–Crippen LogP) is 3.76. The van der Waals surface area contributed by atoms with E-state index in [4.69, 9.17) is 9.47 Å². The lowest BCUT2D eigenvalue weighted by Crippen LogP contribution is -2.03. The van der Waals surface area contributed by atoms with Crippen LogP contribution in [0.3, 0.4) is 0 Å². The molecule has 106 valence electrons. The molecule has 0 aliphatic heterocycles. The van der Waals surface area contributed by atoms with Gasteiger partial charge in [-0.2, -0.15) is 0 Å². The molecule has 3 nitrogen and oxygen atoms in total. The molecule has 2 aromatic rings. The molecule has 0 spiro atoms. The number of ether oxygens (including phenoxy) is 2. The molecule has 0 fully saturated rings. The Morgan fingerprint density at radius 2 is 1.85 bits per heavy atom. The van der Waals surface area contributed by atoms with Crippen molar-refractivity contribution in [2.24, 2.45) is 0 Å². The molecular formula is C16H18FNO2. The molecule has 2 rings (SSSR count). The summed E-state index contributed by atoms with van der Waals surface area (Å²) in [7, 11) is 3.23. The van der Waals surface area contributed by atoms with Crippen LogP contribution in [0.5, 0.6) is 11.5 Å². The first-order valence-electron chi connectivity index (χ1n) is 6.35. The van der Waals surface area contributed by atoms with Gasteiger partial charge in [0.2, 0.25) is 0 Å². The fourth-order valence-electron chi connectivity index (χ4n) is 1.97. The Labute approximate surface area is 118 Å². The van der Waals surface area contributed by atoms with Gasteiger partial charge in [-0.3, -0.25) is 0 Å². The van der Waals surface area contributed by atoms with Gasteiger partial charge in [-0.05, 0) is 36.8 Å². The van der Waals surface area contributed by atoms with Crippen LogP contribution < -0.4 is 14.8 Å². The van der Waals surface area contributed by atoms with E-state index in [2.05, 4.69) is 5.32 Å². The van der Waals surface area contributed by atoms with E-state index in [0.717, 1.165) is 28.3 Å². The Morgan fingerprint density at radius 3 is 2.55 bits per heavy atom. The molecule has 0 aliphatic carbocycles. The van der Waals surface area contributed by atoms with Crippen molar-refractivity contribution < 1.29 is 13.9 Å². The maximum absolute atomic E-state index is 13.2. The van der Waals surface area contributed by atoms with Gasteiger partial charge in [0, 0.05) is 23.9 Å². The van der Waals surface area contributed by atoms with Gasteiger partial charge in [-0.25, -0.2) is 4.39 Å². The Kier molecular flexibility index (Phi) is 4.45. The zero-order chi connectivity index (χ0) is 14.5. The molecule has 0 radical (unpaired) electrons. The van der Waals surface area contributed by atoms with Crippen LogP contribution in [-0.4, -0.2) is 14.2 Å². The van der Waals surface area contributed by atoms with Crippen molar-refractivity contribution in [3.63, 3.8) is 0 Å². The average Bonchev–Trinajstić information content (AvgIpc) is 2.48. The number of nitrogens with one attached hydrogen (secondary N) is 1. The monoisotopic (exact) mass is 275 g/mol. The number of rotatable bonds is 5. The average molecular weight is 275 g/mol. The summed E-state index contributed by atoms with van der Waals surface area (Å²) in [4.78, 5) is 0. The molecular weight excluding hydrogens is 257 g/mol. The second kappa shape index (κ2) is 6.28. The lowest BCUT2D eigenvalue weighted by molar-refractivity contribution is 0.391. The highest BCUT2D eigenvalue weighted by Gasteiger charge is 2.06. The summed E-state index contributed by atoms with van der Waals surface area (Å²) >= 11 is 0. The summed E-state index contributed by atoms with van der Waals surface area (Å²) in [5.41, 5.74) is 2.76. The van der Waals surface area contributed by atoms with Crippen LogP contribution in [-0.2, 0) is 6.54 Å². The normalized spacial score (nSPS) is 10.2. The molecule has 0 aliphatic rings. The Hall–Kier alpha value is -2.23. The Balaban J connectivity index is 2.16. The molecule has 1 N–H and O–H groups in total. The van der Waals surface area contributed by atoms with Crippen LogP contribution in [0.4, 0.5) is 10.1 Å². The van der Waals surface area contributed by atoms with E-state index in [1.165, 1.54) is 12.1 Å². The topological polar surface area (TPSA) is 30.5 Å². The molecule has 0 atom stereocenters. The van der Waals surface area contributed by atoms with Crippen LogP contribution >= 0.6 is 0 Å². The first kappa shape index (κ1) is 14.2. The smallest absolute Gasteiger partial charge is 0.127 e. The minimum absolute atomic E-state index is 0.250. The fraction of sp³-hybridized carbons (Fsp3) is 0.250. The number of halogens is 1. The molecule has 0 saturated carbocycles. The van der Waals surface area contributed by atoms with Crippen molar-refractivity contribution in [3.05, 3.63) is 53.3 Å². The summed E-state index contributed by atoms with van der Waals surface area (Å²) in [5.74, 6) is 1.23. The van der Waals surface area contributed by atoms with Crippen molar-refractivity contribution in [1.82, 2.24) is 0 Å². The summed E-state index contributed by atoms with van der Waals surface area (Å²) in [6.45, 7) is 2.49. The third-order valence-electron chi connectivity index (χ3n) is 3.16. The van der Waals surface area contributed by atoms with E-state index in [9.17, 15) is 4.39 Å². The fourth-order valence-corrected chi connectivity index (χ4v) is 1.97. The number of anilines is 1. The van der Waals surface area contributed by atoms with E-state index in [1.807, 2.05) is 25.1 Å². The molecule has 0 aromatic heterocycles. The highest BCUT2D eigenvalue weighted by atomic mass is 19.1. The van der Waals surface area contributed by atoms with E-state index >= 15 is 0 Å². The van der Waals surface area contributed by atoms with Gasteiger partial charge in [0.1, 0.15) is 17.3 Å². The van der Waals surface area contributed by atoms with Gasteiger partial charge in [0.05, 0.1) is 14.2 Å². The lowest BCUT2D eigenvalue weighted by atomic mass is 10.1. The zero-order valence-electron chi connectivity index (χ0n) is 11.9. The minimum atomic E-state index is -0.250. The first-order valence-corrected chi connectivity index (χ1v) is 6.35. The predicted molar refractivity (Wildman–Crippen MR) is 78.0 cm³/mol. The molecule has 0 unspecified atom stereocenters. The Bertz CT molecular complexity index is 599. The van der Waals surface area contributed by atoms with E-state index in [1.54, 1.807) is 20.3 Å². The third kappa shape index (κ3) is 3.20. The largest absolute Gasteiger partial charge is 0.497 e. The zero-order valence-corrected chi connectivity index (χ0v) is 11.9. The minimum Gasteiger partial charge on any atom is -0.497 e. The molecule has 2 aromatic carbocycles. The summed E-state index contributed by atoms with van der Waals surface area (Å²) in [6, 6.07) is 10.3. The molecule has 20 heavy (non-hydrogen) atoms. The quantitative estimate of drug-likeness (QED) is 0.901. The molecule has 0 amide bonds. The lowest BCUT2D eigenvalue weighted by Gasteiger charge is -2.13. The molecule has 0 heterocycles. The highest BCUT2D eigenvalue weighted by Crippen LogP contribution is 2.26. The van der Waals surface area contributed by atoms with E-state index < -0.39 is 0 Å². The maximum Gasteiger partial charge on any atom is 0.127 e. The third-order valence-corrected chi connectivity index (χ3v) is 3.16. The van der Waals surface area contributed by atoms with Gasteiger partial charge in [-0.15, -0.1) is 0 Å². The first-order chi connectivity index (χ1) is 9.63. The summed E-state index contributed by atoms with van der Waals surface area (Å²) < 4.78 is 23.7. The molecule has 0 saturated heterocycles. The summed E-state index contributed by atoms with van der Waals surface area (Å²) in [6.07, 6.45) is 0. The van der Waals surface area contributed by atoms with Crippen LogP contribution in [0.15, 0.2) is 36.4 Å². The van der Waals surface area contributed by atoms with Gasteiger partial charge in [-0.1, -0.05) is 6.07 Å². The second-order valence-electron chi connectivity index (χ2n) is 4.49. The van der Waals surface area contributed by atoms with Crippen molar-refractivity contribution in [1.29, 1.82) is 0 Å². The van der Waals surface area contributed by atoms with Crippen molar-refractivity contribution >= 4 is 5.69 Å². The van der Waals surface area contributed by atoms with Gasteiger partial charge >= 0.3 is 0 Å². The maximum atomic E-state index is 13.2. The number of hydrogen-bond acceptors (Lipinski definition) is 3. The van der Waals surface area contributed by atoms with Crippen LogP contribution in [0.2, 0.25) is 0 Å². The Morgan fingerprint density at radius 1 is 1.05 bits per heavy atom. The number of benzene rings is 2. The number of aryl methyl sites for hydroxylation is 1. The van der Waals surface area contributed by atoms with E-state index in [0.29, 0.717) is 6.54 Å². The van der Waals surface area contributed by atoms with Gasteiger partial charge < -0.3 is 14.8 Å². The molecule has 4 heteroatoms. The van der Waals surface area contributed by atoms with Crippen molar-refractivity contribution in [2.75, 3.05) is 19.5 Å². The SMILES string of the molecule is COc1ccc(CNc2cc(F)ccc2C)c(OC)c1. The number of hydrogen-bond donors (Lipinski definition) is 1. The number of methoxy groups -OCH3 is 2. The van der Waals surface area contributed by atoms with Crippen LogP contribution in [0.1, 0.15) is 11.1 Å². The van der Waals surface area contributed by atoms with Crippen LogP contribution in [0.25, 0.3) is 0 Å². The van der Waals surface area contributed by atoms with Gasteiger partial charge in [0.25, 0.3) is 0 Å². The second-order valence-corrected chi connectivity index (χ2v) is 4.49. The van der Waals surface area contributed by atoms with Gasteiger partial charge in [0.15, 0.2) is 0 Å². The van der Waals surface area contributed by atoms with Crippen molar-refractivity contribution in [2.45, 2.75) is 13.5 Å². The van der Waals surface area contributed by atoms with Crippen LogP contribution in [0, 0.1) is 12.7 Å². The van der Waals surface area contributed by atoms with Crippen molar-refractivity contribution in [3.8, 4) is 11.5 Å². The molecule has 0 bridgehead atoms.